The van der Waals surface area contributed by atoms with Gasteiger partial charge in [0.2, 0.25) is 15.9 Å². The zero-order valence-electron chi connectivity index (χ0n) is 15.0. The zero-order valence-corrected chi connectivity index (χ0v) is 17.3. The van der Waals surface area contributed by atoms with Crippen molar-refractivity contribution in [3.63, 3.8) is 0 Å². The Labute approximate surface area is 174 Å². The molecule has 3 aromatic heterocycles. The van der Waals surface area contributed by atoms with E-state index in [1.807, 2.05) is 0 Å². The van der Waals surface area contributed by atoms with Gasteiger partial charge in [0.25, 0.3) is 0 Å². The Morgan fingerprint density at radius 2 is 2.10 bits per heavy atom. The number of rotatable bonds is 7. The molecule has 1 atom stereocenters. The van der Waals surface area contributed by atoms with E-state index in [1.165, 1.54) is 12.3 Å². The van der Waals surface area contributed by atoms with E-state index in [0.717, 1.165) is 17.6 Å². The zero-order chi connectivity index (χ0) is 21.2. The number of fused-ring (bicyclic) bond motifs is 1. The fraction of sp³-hybridized carbons (Fsp3) is 0.250. The Morgan fingerprint density at radius 1 is 1.34 bits per heavy atom. The van der Waals surface area contributed by atoms with Gasteiger partial charge >= 0.3 is 0 Å². The number of hydrogen-bond donors (Lipinski definition) is 4. The van der Waals surface area contributed by atoms with Crippen LogP contribution >= 0.6 is 22.9 Å². The topological polar surface area (TPSA) is 154 Å². The third kappa shape index (κ3) is 5.58. The molecule has 0 saturated heterocycles. The van der Waals surface area contributed by atoms with Crippen molar-refractivity contribution in [1.29, 1.82) is 0 Å². The Bertz CT molecular complexity index is 1170. The van der Waals surface area contributed by atoms with E-state index in [9.17, 15) is 18.3 Å². The summed E-state index contributed by atoms with van der Waals surface area (Å²) in [6, 6.07) is 4.90. The van der Waals surface area contributed by atoms with Crippen molar-refractivity contribution in [2.45, 2.75) is 12.5 Å². The normalized spacial score (nSPS) is 12.7. The number of amides is 1. The molecule has 1 amide bonds. The molecule has 13 heteroatoms. The first-order valence-electron chi connectivity index (χ1n) is 8.14. The smallest absolute Gasteiger partial charge is 0.229 e. The minimum atomic E-state index is -3.53. The lowest BCUT2D eigenvalue weighted by Gasteiger charge is -2.08. The van der Waals surface area contributed by atoms with Gasteiger partial charge in [0.05, 0.1) is 36.8 Å². The van der Waals surface area contributed by atoms with Gasteiger partial charge in [-0.1, -0.05) is 22.9 Å². The minimum Gasteiger partial charge on any atom is -0.394 e. The number of halogens is 1. The fourth-order valence-corrected chi connectivity index (χ4v) is 3.96. The van der Waals surface area contributed by atoms with Gasteiger partial charge in [0.1, 0.15) is 10.3 Å². The maximum absolute atomic E-state index is 11.8. The van der Waals surface area contributed by atoms with E-state index in [4.69, 9.17) is 16.7 Å². The van der Waals surface area contributed by atoms with Crippen LogP contribution in [-0.4, -0.2) is 58.5 Å². The van der Waals surface area contributed by atoms with Crippen molar-refractivity contribution in [3.8, 4) is 11.3 Å². The summed E-state index contributed by atoms with van der Waals surface area (Å²) in [6.45, 7) is -0.510. The lowest BCUT2D eigenvalue weighted by Crippen LogP contribution is -2.22. The van der Waals surface area contributed by atoms with Gasteiger partial charge in [-0.2, -0.15) is 0 Å². The first-order valence-corrected chi connectivity index (χ1v) is 11.2. The van der Waals surface area contributed by atoms with E-state index in [1.54, 1.807) is 12.1 Å². The highest BCUT2D eigenvalue weighted by Gasteiger charge is 2.14. The molecule has 4 N–H and O–H groups in total. The first-order chi connectivity index (χ1) is 13.6. The molecular formula is C16H16ClN5O5S2. The predicted octanol–water partition coefficient (Wildman–Crippen LogP) is 1.46. The summed E-state index contributed by atoms with van der Waals surface area (Å²) in [4.78, 5) is 25.1. The average molecular weight is 458 g/mol. The number of pyridine rings is 2. The Morgan fingerprint density at radius 3 is 2.79 bits per heavy atom. The molecule has 0 radical (unpaired) electrons. The lowest BCUT2D eigenvalue weighted by atomic mass is 10.2. The van der Waals surface area contributed by atoms with Gasteiger partial charge < -0.3 is 15.5 Å². The van der Waals surface area contributed by atoms with Crippen LogP contribution in [0, 0.1) is 0 Å². The summed E-state index contributed by atoms with van der Waals surface area (Å²) >= 11 is 7.07. The molecule has 0 aliphatic rings. The Kier molecular flexibility index (Phi) is 6.29. The Balaban J connectivity index is 1.87. The van der Waals surface area contributed by atoms with E-state index < -0.39 is 28.6 Å². The van der Waals surface area contributed by atoms with Crippen molar-refractivity contribution in [1.82, 2.24) is 15.0 Å². The monoisotopic (exact) mass is 457 g/mol. The molecular weight excluding hydrogens is 442 g/mol. The van der Waals surface area contributed by atoms with Gasteiger partial charge in [0.15, 0.2) is 10.3 Å². The fourth-order valence-electron chi connectivity index (χ4n) is 2.34. The van der Waals surface area contributed by atoms with Crippen LogP contribution in [-0.2, 0) is 14.8 Å². The summed E-state index contributed by atoms with van der Waals surface area (Å²) in [7, 11) is -3.53. The van der Waals surface area contributed by atoms with Crippen molar-refractivity contribution >= 4 is 60.0 Å². The van der Waals surface area contributed by atoms with Crippen LogP contribution in [0.4, 0.5) is 10.8 Å². The highest BCUT2D eigenvalue weighted by molar-refractivity contribution is 7.92. The third-order valence-corrected chi connectivity index (χ3v) is 5.34. The van der Waals surface area contributed by atoms with Gasteiger partial charge in [-0.3, -0.25) is 9.52 Å². The largest absolute Gasteiger partial charge is 0.394 e. The summed E-state index contributed by atoms with van der Waals surface area (Å²) in [5.41, 5.74) is 1.73. The van der Waals surface area contributed by atoms with Crippen LogP contribution < -0.4 is 10.0 Å². The molecule has 3 rings (SSSR count). The van der Waals surface area contributed by atoms with Crippen LogP contribution in [0.25, 0.3) is 21.6 Å². The van der Waals surface area contributed by atoms with E-state index >= 15 is 0 Å². The number of hydrogen-bond acceptors (Lipinski definition) is 9. The molecule has 1 unspecified atom stereocenters. The standard InChI is InChI=1S/C16H16ClN5O5S2/c1-29(26,27)22-12-4-8(6-18-14(12)17)10-2-3-11-15(19-10)28-16(20-11)21-13(25)5-9(24)7-23/h2-4,6,9,22-24H,5,7H2,1H3,(H,20,21,25). The summed E-state index contributed by atoms with van der Waals surface area (Å²) < 4.78 is 25.2. The third-order valence-electron chi connectivity index (χ3n) is 3.56. The van der Waals surface area contributed by atoms with Crippen LogP contribution in [0.2, 0.25) is 5.15 Å². The molecule has 0 aliphatic heterocycles. The molecule has 0 saturated carbocycles. The number of carbonyl (C=O) groups excluding carboxylic acids is 1. The molecule has 3 heterocycles. The van der Waals surface area contributed by atoms with Crippen molar-refractivity contribution < 1.29 is 23.4 Å². The second-order valence-electron chi connectivity index (χ2n) is 6.07. The highest BCUT2D eigenvalue weighted by atomic mass is 35.5. The van der Waals surface area contributed by atoms with Gasteiger partial charge in [-0.15, -0.1) is 0 Å². The van der Waals surface area contributed by atoms with Crippen molar-refractivity contribution in [3.05, 3.63) is 29.5 Å². The molecule has 3 aromatic rings. The van der Waals surface area contributed by atoms with E-state index in [0.29, 0.717) is 26.7 Å². The molecule has 0 spiro atoms. The quantitative estimate of drug-likeness (QED) is 0.389. The second kappa shape index (κ2) is 8.55. The molecule has 0 aliphatic carbocycles. The number of anilines is 2. The molecule has 0 fully saturated rings. The SMILES string of the molecule is CS(=O)(=O)Nc1cc(-c2ccc3nc(NC(=O)CC(O)CO)sc3n2)cnc1Cl. The predicted molar refractivity (Wildman–Crippen MR) is 110 cm³/mol. The number of thiazole rings is 1. The molecule has 154 valence electrons. The van der Waals surface area contributed by atoms with Gasteiger partial charge in [0, 0.05) is 11.8 Å². The molecule has 10 nitrogen and oxygen atoms in total. The van der Waals surface area contributed by atoms with Crippen LogP contribution in [0.1, 0.15) is 6.42 Å². The number of carbonyl (C=O) groups is 1. The molecule has 0 bridgehead atoms. The number of sulfonamides is 1. The first kappa shape index (κ1) is 21.3. The Hall–Kier alpha value is -2.38. The van der Waals surface area contributed by atoms with Crippen molar-refractivity contribution in [2.75, 3.05) is 22.9 Å². The lowest BCUT2D eigenvalue weighted by molar-refractivity contribution is -0.118. The number of aliphatic hydroxyl groups excluding tert-OH is 2. The second-order valence-corrected chi connectivity index (χ2v) is 9.15. The van der Waals surface area contributed by atoms with Crippen LogP contribution in [0.3, 0.4) is 0 Å². The minimum absolute atomic E-state index is 0.00751. The van der Waals surface area contributed by atoms with Gasteiger partial charge in [-0.25, -0.2) is 23.4 Å². The summed E-state index contributed by atoms with van der Waals surface area (Å²) in [5, 5.41) is 21.0. The number of aromatic nitrogens is 3. The number of aliphatic hydroxyl groups is 2. The maximum Gasteiger partial charge on any atom is 0.229 e. The number of nitrogens with zero attached hydrogens (tertiary/aromatic N) is 3. The van der Waals surface area contributed by atoms with Gasteiger partial charge in [-0.05, 0) is 18.2 Å². The molecule has 0 aromatic carbocycles. The van der Waals surface area contributed by atoms with Crippen molar-refractivity contribution in [2.24, 2.45) is 0 Å². The van der Waals surface area contributed by atoms with Crippen LogP contribution in [0.5, 0.6) is 0 Å². The average Bonchev–Trinajstić information content (AvgIpc) is 3.03. The van der Waals surface area contributed by atoms with E-state index in [-0.39, 0.29) is 17.3 Å². The summed E-state index contributed by atoms with van der Waals surface area (Å²) in [6.07, 6.45) is 1.08. The van der Waals surface area contributed by atoms with E-state index in [2.05, 4.69) is 25.0 Å². The number of nitrogens with one attached hydrogen (secondary N) is 2. The maximum atomic E-state index is 11.8. The highest BCUT2D eigenvalue weighted by Crippen LogP contribution is 2.30. The molecule has 29 heavy (non-hydrogen) atoms. The summed E-state index contributed by atoms with van der Waals surface area (Å²) in [5.74, 6) is -0.482. The van der Waals surface area contributed by atoms with Crippen LogP contribution in [0.15, 0.2) is 24.4 Å².